The van der Waals surface area contributed by atoms with E-state index in [1.54, 1.807) is 0 Å². The number of hydrogen-bond donors (Lipinski definition) is 2. The van der Waals surface area contributed by atoms with Gasteiger partial charge in [0.15, 0.2) is 10.3 Å². The first kappa shape index (κ1) is 22.4. The van der Waals surface area contributed by atoms with Crippen LogP contribution in [0.4, 0.5) is 5.69 Å². The van der Waals surface area contributed by atoms with E-state index in [2.05, 4.69) is 0 Å². The predicted molar refractivity (Wildman–Crippen MR) is 55.9 cm³/mol. The van der Waals surface area contributed by atoms with Gasteiger partial charge < -0.3 is 14.5 Å². The van der Waals surface area contributed by atoms with Crippen molar-refractivity contribution in [3.05, 3.63) is 23.2 Å². The minimum atomic E-state index is -4.78. The van der Waals surface area contributed by atoms with E-state index >= 15 is 0 Å². The number of hydrogen-bond acceptors (Lipinski definition) is 7. The Bertz CT molecular complexity index is 635. The molecule has 19 heavy (non-hydrogen) atoms. The average molecular weight is 347 g/mol. The van der Waals surface area contributed by atoms with Crippen molar-refractivity contribution >= 4 is 37.7 Å². The molecule has 0 atom stereocenters. The SMILES string of the molecule is O=S(=O)([O-])NNc1cc(S(=O)(=O)[O-])ccc1Cl.[Na+].[Na+]. The zero-order chi connectivity index (χ0) is 13.3. The van der Waals surface area contributed by atoms with Gasteiger partial charge in [-0.2, -0.15) is 0 Å². The monoisotopic (exact) mass is 346 g/mol. The molecule has 96 valence electrons. The van der Waals surface area contributed by atoms with Crippen molar-refractivity contribution in [2.45, 2.75) is 4.90 Å². The van der Waals surface area contributed by atoms with Gasteiger partial charge in [0.2, 0.25) is 0 Å². The molecule has 0 bridgehead atoms. The summed E-state index contributed by atoms with van der Waals surface area (Å²) in [5.41, 5.74) is 1.65. The van der Waals surface area contributed by atoms with E-state index in [4.69, 9.17) is 11.6 Å². The summed E-state index contributed by atoms with van der Waals surface area (Å²) < 4.78 is 62.7. The third kappa shape index (κ3) is 8.19. The van der Waals surface area contributed by atoms with Crippen LogP contribution in [0.5, 0.6) is 0 Å². The summed E-state index contributed by atoms with van der Waals surface area (Å²) in [5.74, 6) is 0. The number of nitrogens with one attached hydrogen (secondary N) is 2. The van der Waals surface area contributed by atoms with Gasteiger partial charge in [-0.15, -0.1) is 4.83 Å². The van der Waals surface area contributed by atoms with Crippen molar-refractivity contribution < 1.29 is 85.1 Å². The van der Waals surface area contributed by atoms with Gasteiger partial charge in [0.05, 0.1) is 15.6 Å². The summed E-state index contributed by atoms with van der Waals surface area (Å²) in [5, 5.41) is -0.0754. The number of rotatable bonds is 4. The van der Waals surface area contributed by atoms with Gasteiger partial charge in [-0.3, -0.25) is 0 Å². The van der Waals surface area contributed by atoms with E-state index in [1.807, 2.05) is 5.43 Å². The molecule has 2 N–H and O–H groups in total. The summed E-state index contributed by atoms with van der Waals surface area (Å²) in [6.45, 7) is 0. The third-order valence-corrected chi connectivity index (χ3v) is 3.05. The molecule has 0 amide bonds. The number of benzene rings is 1. The molecule has 1 aromatic rings. The van der Waals surface area contributed by atoms with Crippen LogP contribution in [0.2, 0.25) is 5.02 Å². The zero-order valence-corrected chi connectivity index (χ0v) is 16.3. The third-order valence-electron chi connectivity index (χ3n) is 1.54. The fourth-order valence-corrected chi connectivity index (χ4v) is 1.77. The van der Waals surface area contributed by atoms with Crippen LogP contribution < -0.4 is 69.4 Å². The molecule has 0 unspecified atom stereocenters. The molecule has 0 aliphatic rings. The molecule has 0 radical (unpaired) electrons. The number of hydrazine groups is 1. The molecule has 13 heteroatoms. The quantitative estimate of drug-likeness (QED) is 0.314. The molecule has 0 aliphatic carbocycles. The molecule has 0 aliphatic heterocycles. The van der Waals surface area contributed by atoms with Crippen LogP contribution in [0.1, 0.15) is 0 Å². The molecular formula is C6H5ClN2Na2O6S2. The molecule has 0 heterocycles. The van der Waals surface area contributed by atoms with Crippen LogP contribution in [0.3, 0.4) is 0 Å². The minimum Gasteiger partial charge on any atom is -0.744 e. The molecule has 0 saturated heterocycles. The minimum absolute atomic E-state index is 0. The molecular weight excluding hydrogens is 342 g/mol. The van der Waals surface area contributed by atoms with E-state index in [1.165, 1.54) is 4.83 Å². The van der Waals surface area contributed by atoms with Crippen LogP contribution in [0.25, 0.3) is 0 Å². The average Bonchev–Trinajstić information content (AvgIpc) is 2.13. The first-order valence-electron chi connectivity index (χ1n) is 3.84. The molecule has 8 nitrogen and oxygen atoms in total. The van der Waals surface area contributed by atoms with Crippen LogP contribution >= 0.6 is 11.6 Å². The first-order valence-corrected chi connectivity index (χ1v) is 7.03. The van der Waals surface area contributed by atoms with Crippen molar-refractivity contribution in [1.29, 1.82) is 0 Å². The van der Waals surface area contributed by atoms with E-state index in [9.17, 15) is 25.9 Å². The van der Waals surface area contributed by atoms with Crippen molar-refractivity contribution in [3.8, 4) is 0 Å². The van der Waals surface area contributed by atoms with Crippen molar-refractivity contribution in [3.63, 3.8) is 0 Å². The van der Waals surface area contributed by atoms with E-state index in [0.29, 0.717) is 0 Å². The maximum Gasteiger partial charge on any atom is 1.00 e. The van der Waals surface area contributed by atoms with E-state index in [-0.39, 0.29) is 69.8 Å². The van der Waals surface area contributed by atoms with Crippen LogP contribution in [0.15, 0.2) is 23.1 Å². The standard InChI is InChI=1S/C6H7ClN2O6S2.2Na/c7-5-2-1-4(16(10,11)12)3-6(5)8-9-17(13,14)15;;/h1-3,8-9H,(H,10,11,12)(H,13,14,15);;/q;2*+1/p-2. The van der Waals surface area contributed by atoms with Gasteiger partial charge in [-0.05, 0) is 18.2 Å². The smallest absolute Gasteiger partial charge is 0.744 e. The Hall–Kier alpha value is 1.09. The number of halogens is 1. The van der Waals surface area contributed by atoms with Crippen molar-refractivity contribution in [2.24, 2.45) is 0 Å². The number of anilines is 1. The molecule has 0 saturated carbocycles. The van der Waals surface area contributed by atoms with Gasteiger partial charge in [0.25, 0.3) is 0 Å². The maximum atomic E-state index is 10.7. The Morgan fingerprint density at radius 1 is 1.05 bits per heavy atom. The van der Waals surface area contributed by atoms with Gasteiger partial charge in [-0.1, -0.05) is 11.6 Å². The Balaban J connectivity index is 0. The molecule has 0 aromatic heterocycles. The summed E-state index contributed by atoms with van der Waals surface area (Å²) in [7, 11) is -9.48. The Labute approximate surface area is 159 Å². The van der Waals surface area contributed by atoms with Gasteiger partial charge in [0, 0.05) is 0 Å². The predicted octanol–water partition coefficient (Wildman–Crippen LogP) is -6.37. The molecule has 1 aromatic carbocycles. The van der Waals surface area contributed by atoms with Crippen molar-refractivity contribution in [2.75, 3.05) is 5.43 Å². The van der Waals surface area contributed by atoms with Crippen LogP contribution in [0, 0.1) is 0 Å². The first-order chi connectivity index (χ1) is 7.59. The van der Waals surface area contributed by atoms with Gasteiger partial charge in [0.1, 0.15) is 10.1 Å². The van der Waals surface area contributed by atoms with Crippen LogP contribution in [-0.4, -0.2) is 25.9 Å². The summed E-state index contributed by atoms with van der Waals surface area (Å²) in [4.78, 5) is 0.727. The largest absolute Gasteiger partial charge is 1.00 e. The van der Waals surface area contributed by atoms with Crippen molar-refractivity contribution in [1.82, 2.24) is 4.83 Å². The second-order valence-electron chi connectivity index (χ2n) is 2.78. The normalized spacial score (nSPS) is 11.1. The Morgan fingerprint density at radius 3 is 2.00 bits per heavy atom. The fraction of sp³-hybridized carbons (Fsp3) is 0. The molecule has 0 fully saturated rings. The van der Waals surface area contributed by atoms with Crippen LogP contribution in [-0.2, 0) is 20.4 Å². The second kappa shape index (κ2) is 8.51. The zero-order valence-electron chi connectivity index (χ0n) is 9.88. The summed E-state index contributed by atoms with van der Waals surface area (Å²) in [6.07, 6.45) is 0. The van der Waals surface area contributed by atoms with Gasteiger partial charge >= 0.3 is 59.1 Å². The Morgan fingerprint density at radius 2 is 1.58 bits per heavy atom. The Kier molecular flexibility index (Phi) is 10.0. The summed E-state index contributed by atoms with van der Waals surface area (Å²) >= 11 is 5.58. The topological polar surface area (TPSA) is 138 Å². The molecule has 0 spiro atoms. The second-order valence-corrected chi connectivity index (χ2v) is 5.68. The van der Waals surface area contributed by atoms with Gasteiger partial charge in [-0.25, -0.2) is 16.8 Å². The fourth-order valence-electron chi connectivity index (χ4n) is 0.873. The van der Waals surface area contributed by atoms with E-state index < -0.39 is 25.3 Å². The summed E-state index contributed by atoms with van der Waals surface area (Å²) in [6, 6.07) is 2.80. The maximum absolute atomic E-state index is 10.7. The molecule has 1 rings (SSSR count). The van der Waals surface area contributed by atoms with E-state index in [0.717, 1.165) is 18.2 Å².